The molecule has 0 saturated heterocycles. The number of rotatable bonds is 8. The monoisotopic (exact) mass is 459 g/mol. The number of fused-ring (bicyclic) bond motifs is 1. The Morgan fingerprint density at radius 2 is 1.87 bits per heavy atom. The highest BCUT2D eigenvalue weighted by atomic mass is 35.5. The lowest BCUT2D eigenvalue weighted by atomic mass is 10.1. The van der Waals surface area contributed by atoms with Gasteiger partial charge in [-0.2, -0.15) is 17.6 Å². The second-order valence-corrected chi connectivity index (χ2v) is 7.24. The number of hydrogen-bond acceptors (Lipinski definition) is 3. The highest BCUT2D eigenvalue weighted by molar-refractivity contribution is 6.32. The average molecular weight is 460 g/mol. The third-order valence-electron chi connectivity index (χ3n) is 4.83. The standard InChI is InChI=1S/C21H18ClF4NO4/c1-11-14(8-19(28)29)15-7-18(30-2)16(22)9-17(15)27(11)10-12-3-5-13(6-4-12)31-21(25,26)20(23)24/h3-7,9,20H,8,10H2,1-2H3,(H,28,29). The molecule has 0 unspecified atom stereocenters. The molecular weight excluding hydrogens is 442 g/mol. The van der Waals surface area contributed by atoms with E-state index in [0.29, 0.717) is 38.5 Å². The van der Waals surface area contributed by atoms with Crippen LogP contribution in [0.5, 0.6) is 11.5 Å². The summed E-state index contributed by atoms with van der Waals surface area (Å²) >= 11 is 6.25. The SMILES string of the molecule is COc1cc2c(CC(=O)O)c(C)n(Cc3ccc(OC(F)(F)C(F)F)cc3)c2cc1Cl. The molecule has 1 N–H and O–H groups in total. The largest absolute Gasteiger partial charge is 0.495 e. The number of carbonyl (C=O) groups is 1. The zero-order chi connectivity index (χ0) is 22.9. The van der Waals surface area contributed by atoms with Crippen molar-refractivity contribution in [3.63, 3.8) is 0 Å². The summed E-state index contributed by atoms with van der Waals surface area (Å²) in [5.41, 5.74) is 2.60. The predicted octanol–water partition coefficient (Wildman–Crippen LogP) is 5.52. The van der Waals surface area contributed by atoms with Gasteiger partial charge in [-0.15, -0.1) is 0 Å². The van der Waals surface area contributed by atoms with Gasteiger partial charge in [0, 0.05) is 17.6 Å². The van der Waals surface area contributed by atoms with E-state index in [1.807, 2.05) is 4.57 Å². The van der Waals surface area contributed by atoms with E-state index in [0.717, 1.165) is 0 Å². The van der Waals surface area contributed by atoms with E-state index in [4.69, 9.17) is 16.3 Å². The van der Waals surface area contributed by atoms with E-state index in [9.17, 15) is 27.5 Å². The van der Waals surface area contributed by atoms with Crippen molar-refractivity contribution in [3.8, 4) is 11.5 Å². The van der Waals surface area contributed by atoms with Gasteiger partial charge in [-0.05, 0) is 42.3 Å². The molecule has 0 saturated carbocycles. The van der Waals surface area contributed by atoms with Gasteiger partial charge in [0.25, 0.3) is 0 Å². The summed E-state index contributed by atoms with van der Waals surface area (Å²) in [6, 6.07) is 8.59. The number of aromatic nitrogens is 1. The smallest absolute Gasteiger partial charge is 0.461 e. The van der Waals surface area contributed by atoms with Crippen LogP contribution in [0.4, 0.5) is 17.6 Å². The predicted molar refractivity (Wildman–Crippen MR) is 107 cm³/mol. The fourth-order valence-electron chi connectivity index (χ4n) is 3.33. The second kappa shape index (κ2) is 8.66. The minimum absolute atomic E-state index is 0.213. The number of alkyl halides is 4. The molecule has 0 aliphatic carbocycles. The number of methoxy groups -OCH3 is 1. The molecule has 0 atom stereocenters. The first kappa shape index (κ1) is 22.7. The molecule has 5 nitrogen and oxygen atoms in total. The minimum Gasteiger partial charge on any atom is -0.495 e. The summed E-state index contributed by atoms with van der Waals surface area (Å²) in [5.74, 6) is -1.00. The van der Waals surface area contributed by atoms with Gasteiger partial charge in [-0.1, -0.05) is 23.7 Å². The maximum Gasteiger partial charge on any atom is 0.461 e. The first-order chi connectivity index (χ1) is 14.5. The lowest BCUT2D eigenvalue weighted by Crippen LogP contribution is -2.33. The summed E-state index contributed by atoms with van der Waals surface area (Å²) in [6.45, 7) is 2.02. The van der Waals surface area contributed by atoms with Crippen molar-refractivity contribution >= 4 is 28.5 Å². The number of carboxylic acids is 1. The Morgan fingerprint density at radius 3 is 2.42 bits per heavy atom. The number of carboxylic acid groups (broad SMARTS) is 1. The molecule has 2 aromatic carbocycles. The minimum atomic E-state index is -4.59. The molecule has 0 amide bonds. The topological polar surface area (TPSA) is 60.7 Å². The average Bonchev–Trinajstić information content (AvgIpc) is 2.93. The molecule has 31 heavy (non-hydrogen) atoms. The van der Waals surface area contributed by atoms with E-state index in [-0.39, 0.29) is 13.0 Å². The molecule has 1 heterocycles. The van der Waals surface area contributed by atoms with Gasteiger partial charge in [-0.25, -0.2) is 0 Å². The van der Waals surface area contributed by atoms with Crippen LogP contribution in [-0.2, 0) is 17.8 Å². The summed E-state index contributed by atoms with van der Waals surface area (Å²) in [6.07, 6.45) is -8.75. The quantitative estimate of drug-likeness (QED) is 0.450. The van der Waals surface area contributed by atoms with Gasteiger partial charge in [0.1, 0.15) is 11.5 Å². The van der Waals surface area contributed by atoms with Crippen molar-refractivity contribution in [2.45, 2.75) is 32.4 Å². The molecule has 0 aliphatic rings. The normalized spacial score (nSPS) is 11.9. The molecule has 0 spiro atoms. The summed E-state index contributed by atoms with van der Waals surface area (Å²) in [7, 11) is 1.45. The molecule has 1 aromatic heterocycles. The maximum atomic E-state index is 13.1. The zero-order valence-electron chi connectivity index (χ0n) is 16.5. The molecule has 0 radical (unpaired) electrons. The van der Waals surface area contributed by atoms with Gasteiger partial charge in [0.2, 0.25) is 0 Å². The lowest BCUT2D eigenvalue weighted by Gasteiger charge is -2.17. The summed E-state index contributed by atoms with van der Waals surface area (Å²) in [5, 5.41) is 10.3. The molecule has 0 bridgehead atoms. The van der Waals surface area contributed by atoms with Crippen LogP contribution in [0, 0.1) is 6.92 Å². The van der Waals surface area contributed by atoms with Crippen LogP contribution in [0.25, 0.3) is 10.9 Å². The number of hydrogen-bond donors (Lipinski definition) is 1. The van der Waals surface area contributed by atoms with Gasteiger partial charge >= 0.3 is 18.5 Å². The molecular formula is C21H18ClF4NO4. The van der Waals surface area contributed by atoms with E-state index >= 15 is 0 Å². The van der Waals surface area contributed by atoms with Crippen LogP contribution in [0.3, 0.4) is 0 Å². The Hall–Kier alpha value is -2.94. The Kier molecular flexibility index (Phi) is 6.35. The number of ether oxygens (including phenoxy) is 2. The number of nitrogens with zero attached hydrogens (tertiary/aromatic N) is 1. The van der Waals surface area contributed by atoms with E-state index in [1.165, 1.54) is 31.4 Å². The Labute approximate surface area is 179 Å². The lowest BCUT2D eigenvalue weighted by molar-refractivity contribution is -0.253. The highest BCUT2D eigenvalue weighted by Gasteiger charge is 2.43. The Balaban J connectivity index is 1.98. The third-order valence-corrected chi connectivity index (χ3v) is 5.12. The highest BCUT2D eigenvalue weighted by Crippen LogP contribution is 2.35. The fourth-order valence-corrected chi connectivity index (χ4v) is 3.56. The van der Waals surface area contributed by atoms with Crippen LogP contribution in [-0.4, -0.2) is 35.3 Å². The summed E-state index contributed by atoms with van der Waals surface area (Å²) in [4.78, 5) is 11.4. The summed E-state index contributed by atoms with van der Waals surface area (Å²) < 4.78 is 61.9. The van der Waals surface area contributed by atoms with Gasteiger partial charge in [0.15, 0.2) is 0 Å². The zero-order valence-corrected chi connectivity index (χ0v) is 17.2. The van der Waals surface area contributed by atoms with Crippen LogP contribution in [0.2, 0.25) is 5.02 Å². The van der Waals surface area contributed by atoms with Gasteiger partial charge in [0.05, 0.1) is 24.1 Å². The molecule has 3 aromatic rings. The van der Waals surface area contributed by atoms with E-state index in [2.05, 4.69) is 4.74 Å². The second-order valence-electron chi connectivity index (χ2n) is 6.83. The van der Waals surface area contributed by atoms with Crippen LogP contribution >= 0.6 is 11.6 Å². The number of benzene rings is 2. The number of halogens is 5. The first-order valence-corrected chi connectivity index (χ1v) is 9.42. The molecule has 0 fully saturated rings. The third kappa shape index (κ3) is 4.71. The molecule has 10 heteroatoms. The Morgan fingerprint density at radius 1 is 1.23 bits per heavy atom. The van der Waals surface area contributed by atoms with Crippen LogP contribution < -0.4 is 9.47 Å². The van der Waals surface area contributed by atoms with Crippen LogP contribution in [0.15, 0.2) is 36.4 Å². The van der Waals surface area contributed by atoms with Crippen molar-refractivity contribution in [3.05, 3.63) is 58.2 Å². The van der Waals surface area contributed by atoms with Gasteiger partial charge in [-0.3, -0.25) is 4.79 Å². The van der Waals surface area contributed by atoms with Crippen molar-refractivity contribution in [1.82, 2.24) is 4.57 Å². The van der Waals surface area contributed by atoms with Crippen LogP contribution in [0.1, 0.15) is 16.8 Å². The van der Waals surface area contributed by atoms with E-state index in [1.54, 1.807) is 19.1 Å². The van der Waals surface area contributed by atoms with E-state index < -0.39 is 24.3 Å². The first-order valence-electron chi connectivity index (χ1n) is 9.04. The van der Waals surface area contributed by atoms with Gasteiger partial charge < -0.3 is 19.1 Å². The number of aliphatic carboxylic acids is 1. The van der Waals surface area contributed by atoms with Crippen molar-refractivity contribution < 1.29 is 36.9 Å². The van der Waals surface area contributed by atoms with Crippen molar-refractivity contribution in [1.29, 1.82) is 0 Å². The fraction of sp³-hybridized carbons (Fsp3) is 0.286. The molecule has 3 rings (SSSR count). The van der Waals surface area contributed by atoms with Crippen molar-refractivity contribution in [2.75, 3.05) is 7.11 Å². The van der Waals surface area contributed by atoms with Crippen molar-refractivity contribution in [2.24, 2.45) is 0 Å². The molecule has 0 aliphatic heterocycles. The maximum absolute atomic E-state index is 13.1. The molecule has 166 valence electrons. The Bertz CT molecular complexity index is 1110.